The topological polar surface area (TPSA) is 20.2 Å². The van der Waals surface area contributed by atoms with E-state index >= 15 is 0 Å². The standard InChI is InChI=1S/C33H58O/c1-23(2)24(3)16-17-25(4)26-11-9-15-30-29-13-10-12-27-21-28(34)18-20-33(27,6)31(29)14-7-8-19-32(30,5)22-26/h12,23-26,28-31,34H,7-11,13-22H2,1-6H3/t24-,25-,26+,28+,29+,30+,31+,32-,33+/m1/s1. The molecule has 3 saturated carbocycles. The molecular weight excluding hydrogens is 412 g/mol. The van der Waals surface area contributed by atoms with Gasteiger partial charge in [0.15, 0.2) is 0 Å². The summed E-state index contributed by atoms with van der Waals surface area (Å²) in [6.07, 6.45) is 22.9. The van der Waals surface area contributed by atoms with Crippen LogP contribution in [-0.4, -0.2) is 11.2 Å². The molecule has 1 heteroatoms. The predicted molar refractivity (Wildman–Crippen MR) is 147 cm³/mol. The molecule has 4 aliphatic carbocycles. The van der Waals surface area contributed by atoms with Crippen LogP contribution in [0.4, 0.5) is 0 Å². The Kier molecular flexibility index (Phi) is 8.64. The van der Waals surface area contributed by atoms with E-state index in [1.165, 1.54) is 83.5 Å². The van der Waals surface area contributed by atoms with Gasteiger partial charge in [0.05, 0.1) is 6.10 Å². The lowest BCUT2D eigenvalue weighted by molar-refractivity contribution is -0.0195. The lowest BCUT2D eigenvalue weighted by Gasteiger charge is -2.53. The number of allylic oxidation sites excluding steroid dienone is 1. The molecule has 0 aromatic carbocycles. The quantitative estimate of drug-likeness (QED) is 0.396. The van der Waals surface area contributed by atoms with Crippen molar-refractivity contribution in [1.29, 1.82) is 0 Å². The monoisotopic (exact) mass is 470 g/mol. The highest BCUT2D eigenvalue weighted by molar-refractivity contribution is 5.22. The largest absolute Gasteiger partial charge is 0.393 e. The van der Waals surface area contributed by atoms with Crippen LogP contribution in [0, 0.1) is 52.3 Å². The van der Waals surface area contributed by atoms with Gasteiger partial charge in [-0.3, -0.25) is 0 Å². The van der Waals surface area contributed by atoms with Crippen LogP contribution in [0.5, 0.6) is 0 Å². The predicted octanol–water partition coefficient (Wildman–Crippen LogP) is 9.59. The van der Waals surface area contributed by atoms with Crippen molar-refractivity contribution >= 4 is 0 Å². The van der Waals surface area contributed by atoms with Crippen molar-refractivity contribution in [2.24, 2.45) is 52.3 Å². The summed E-state index contributed by atoms with van der Waals surface area (Å²) in [6, 6.07) is 0. The molecule has 0 unspecified atom stereocenters. The van der Waals surface area contributed by atoms with Gasteiger partial charge in [0, 0.05) is 0 Å². The molecule has 4 aliphatic rings. The average molecular weight is 471 g/mol. The van der Waals surface area contributed by atoms with Crippen molar-refractivity contribution < 1.29 is 5.11 Å². The van der Waals surface area contributed by atoms with Gasteiger partial charge in [-0.1, -0.05) is 91.7 Å². The van der Waals surface area contributed by atoms with Crippen molar-refractivity contribution in [3.8, 4) is 0 Å². The molecule has 0 saturated heterocycles. The van der Waals surface area contributed by atoms with Gasteiger partial charge in [0.2, 0.25) is 0 Å². The summed E-state index contributed by atoms with van der Waals surface area (Å²) < 4.78 is 0. The number of aliphatic hydroxyl groups is 1. The summed E-state index contributed by atoms with van der Waals surface area (Å²) in [5.41, 5.74) is 2.53. The van der Waals surface area contributed by atoms with Crippen molar-refractivity contribution in [2.75, 3.05) is 0 Å². The van der Waals surface area contributed by atoms with E-state index in [-0.39, 0.29) is 6.10 Å². The average Bonchev–Trinajstić information content (AvgIpc) is 3.03. The van der Waals surface area contributed by atoms with Gasteiger partial charge >= 0.3 is 0 Å². The Hall–Kier alpha value is -0.300. The first kappa shape index (κ1) is 26.8. The highest BCUT2D eigenvalue weighted by Crippen LogP contribution is 2.61. The van der Waals surface area contributed by atoms with Crippen LogP contribution in [0.2, 0.25) is 0 Å². The van der Waals surface area contributed by atoms with Gasteiger partial charge in [-0.05, 0) is 110 Å². The van der Waals surface area contributed by atoms with Gasteiger partial charge < -0.3 is 5.11 Å². The van der Waals surface area contributed by atoms with E-state index in [4.69, 9.17) is 0 Å². The van der Waals surface area contributed by atoms with Crippen molar-refractivity contribution in [3.05, 3.63) is 11.6 Å². The Morgan fingerprint density at radius 1 is 0.882 bits per heavy atom. The normalized spacial score (nSPS) is 43.2. The second-order valence-corrected chi connectivity index (χ2v) is 14.6. The molecule has 1 N–H and O–H groups in total. The molecule has 34 heavy (non-hydrogen) atoms. The molecule has 0 spiro atoms. The fraction of sp³-hybridized carbons (Fsp3) is 0.939. The molecule has 0 bridgehead atoms. The molecule has 0 radical (unpaired) electrons. The zero-order valence-corrected chi connectivity index (χ0v) is 23.7. The minimum absolute atomic E-state index is 0.0896. The molecule has 3 fully saturated rings. The van der Waals surface area contributed by atoms with Crippen LogP contribution in [0.25, 0.3) is 0 Å². The van der Waals surface area contributed by atoms with E-state index in [1.54, 1.807) is 5.57 Å². The van der Waals surface area contributed by atoms with Crippen LogP contribution < -0.4 is 0 Å². The van der Waals surface area contributed by atoms with Crippen molar-refractivity contribution in [3.63, 3.8) is 0 Å². The first-order chi connectivity index (χ1) is 16.1. The maximum Gasteiger partial charge on any atom is 0.0577 e. The number of hydrogen-bond acceptors (Lipinski definition) is 1. The molecular formula is C33H58O. The second kappa shape index (κ2) is 11.0. The second-order valence-electron chi connectivity index (χ2n) is 14.6. The van der Waals surface area contributed by atoms with Crippen molar-refractivity contribution in [1.82, 2.24) is 0 Å². The summed E-state index contributed by atoms with van der Waals surface area (Å²) in [4.78, 5) is 0. The fourth-order valence-electron chi connectivity index (χ4n) is 9.39. The number of hydrogen-bond donors (Lipinski definition) is 1. The van der Waals surface area contributed by atoms with Crippen LogP contribution in [-0.2, 0) is 0 Å². The highest BCUT2D eigenvalue weighted by atomic mass is 16.3. The summed E-state index contributed by atoms with van der Waals surface area (Å²) in [5, 5.41) is 10.5. The van der Waals surface area contributed by atoms with E-state index in [0.717, 1.165) is 54.3 Å². The van der Waals surface area contributed by atoms with E-state index in [0.29, 0.717) is 10.8 Å². The minimum atomic E-state index is -0.0896. The van der Waals surface area contributed by atoms with E-state index in [9.17, 15) is 5.11 Å². The summed E-state index contributed by atoms with van der Waals surface area (Å²) in [5.74, 6) is 6.17. The molecule has 0 heterocycles. The fourth-order valence-corrected chi connectivity index (χ4v) is 9.39. The smallest absolute Gasteiger partial charge is 0.0577 e. The minimum Gasteiger partial charge on any atom is -0.393 e. The molecule has 9 atom stereocenters. The van der Waals surface area contributed by atoms with Crippen LogP contribution in [0.1, 0.15) is 138 Å². The molecule has 1 nitrogen and oxygen atoms in total. The number of rotatable bonds is 5. The highest BCUT2D eigenvalue weighted by Gasteiger charge is 2.52. The van der Waals surface area contributed by atoms with E-state index < -0.39 is 0 Å². The maximum absolute atomic E-state index is 10.5. The van der Waals surface area contributed by atoms with Gasteiger partial charge in [-0.2, -0.15) is 0 Å². The Morgan fingerprint density at radius 2 is 1.65 bits per heavy atom. The Balaban J connectivity index is 1.54. The van der Waals surface area contributed by atoms with Crippen LogP contribution >= 0.6 is 0 Å². The number of fused-ring (bicyclic) bond motifs is 5. The van der Waals surface area contributed by atoms with Gasteiger partial charge in [0.1, 0.15) is 0 Å². The first-order valence-electron chi connectivity index (χ1n) is 15.5. The van der Waals surface area contributed by atoms with Gasteiger partial charge in [-0.15, -0.1) is 0 Å². The Bertz CT molecular complexity index is 693. The Labute approximate surface area is 212 Å². The Morgan fingerprint density at radius 3 is 2.41 bits per heavy atom. The summed E-state index contributed by atoms with van der Waals surface area (Å²) in [6.45, 7) is 15.2. The molecule has 0 amide bonds. The van der Waals surface area contributed by atoms with Gasteiger partial charge in [-0.25, -0.2) is 0 Å². The number of aliphatic hydroxyl groups excluding tert-OH is 1. The summed E-state index contributed by atoms with van der Waals surface area (Å²) in [7, 11) is 0. The van der Waals surface area contributed by atoms with Crippen molar-refractivity contribution in [2.45, 2.75) is 144 Å². The molecule has 0 aromatic heterocycles. The molecule has 196 valence electrons. The molecule has 4 rings (SSSR count). The zero-order valence-electron chi connectivity index (χ0n) is 23.7. The van der Waals surface area contributed by atoms with Crippen LogP contribution in [0.15, 0.2) is 11.6 Å². The van der Waals surface area contributed by atoms with Gasteiger partial charge in [0.25, 0.3) is 0 Å². The van der Waals surface area contributed by atoms with Crippen LogP contribution in [0.3, 0.4) is 0 Å². The lowest BCUT2D eigenvalue weighted by Crippen LogP contribution is -2.45. The third-order valence-electron chi connectivity index (χ3n) is 12.2. The lowest BCUT2D eigenvalue weighted by atomic mass is 9.52. The SMILES string of the molecule is CC(C)[C@H](C)CC[C@@H](C)[C@H]1CCC[C@H]2[C@@H]3CCC=C4C[C@@H](O)CC[C@]4(C)[C@H]3CCCC[C@]2(C)C1. The first-order valence-corrected chi connectivity index (χ1v) is 15.5. The zero-order chi connectivity index (χ0) is 24.5. The van der Waals surface area contributed by atoms with E-state index in [2.05, 4.69) is 47.6 Å². The third-order valence-corrected chi connectivity index (χ3v) is 12.2. The molecule has 0 aliphatic heterocycles. The summed E-state index contributed by atoms with van der Waals surface area (Å²) >= 11 is 0. The molecule has 0 aromatic rings. The maximum atomic E-state index is 10.5. The third kappa shape index (κ3) is 5.50. The van der Waals surface area contributed by atoms with E-state index in [1.807, 2.05) is 0 Å².